The van der Waals surface area contributed by atoms with Gasteiger partial charge in [0.1, 0.15) is 0 Å². The summed E-state index contributed by atoms with van der Waals surface area (Å²) in [4.78, 5) is 11.4. The lowest BCUT2D eigenvalue weighted by molar-refractivity contribution is 0.570. The van der Waals surface area contributed by atoms with Gasteiger partial charge in [0.25, 0.3) is 0 Å². The Morgan fingerprint density at radius 3 is 2.80 bits per heavy atom. The molecule has 15 heavy (non-hydrogen) atoms. The lowest BCUT2D eigenvalue weighted by Gasteiger charge is -2.07. The molecule has 0 aliphatic heterocycles. The lowest BCUT2D eigenvalue weighted by Crippen LogP contribution is -2.14. The maximum atomic E-state index is 11.4. The molecule has 4 heteroatoms. The van der Waals surface area contributed by atoms with Gasteiger partial charge in [-0.1, -0.05) is 0 Å². The zero-order chi connectivity index (χ0) is 10.6. The number of nitrogen functional groups attached to an aromatic ring is 1. The first-order valence-electron chi connectivity index (χ1n) is 5.26. The fraction of sp³-hybridized carbons (Fsp3) is 0.545. The van der Waals surface area contributed by atoms with Gasteiger partial charge in [0, 0.05) is 18.9 Å². The zero-order valence-corrected chi connectivity index (χ0v) is 9.96. The van der Waals surface area contributed by atoms with Crippen LogP contribution in [-0.4, -0.2) is 4.57 Å². The van der Waals surface area contributed by atoms with Crippen molar-refractivity contribution in [3.8, 4) is 0 Å². The Balaban J connectivity index is 1.83. The van der Waals surface area contributed by atoms with Gasteiger partial charge in [-0.05, 0) is 46.5 Å². The van der Waals surface area contributed by atoms with Crippen LogP contribution in [0.2, 0.25) is 0 Å². The second-order valence-electron chi connectivity index (χ2n) is 4.85. The number of nitrogens with two attached hydrogens (primary N) is 1. The number of aromatic nitrogens is 1. The summed E-state index contributed by atoms with van der Waals surface area (Å²) in [6.07, 6.45) is 7.74. The minimum Gasteiger partial charge on any atom is -0.394 e. The normalized spacial score (nSPS) is 25.5. The lowest BCUT2D eigenvalue weighted by atomic mass is 10.3. The molecular formula is C11H13BrN2O. The SMILES string of the molecule is Nc1cn(CC2CC23CC3)cc(Br)c1=O. The van der Waals surface area contributed by atoms with E-state index in [1.807, 2.05) is 10.8 Å². The molecule has 1 aromatic heterocycles. The molecule has 2 aliphatic carbocycles. The first-order valence-corrected chi connectivity index (χ1v) is 6.05. The van der Waals surface area contributed by atoms with Crippen LogP contribution in [0.3, 0.4) is 0 Å². The molecule has 2 N–H and O–H groups in total. The van der Waals surface area contributed by atoms with Crippen molar-refractivity contribution in [1.29, 1.82) is 0 Å². The summed E-state index contributed by atoms with van der Waals surface area (Å²) in [5.41, 5.74) is 6.56. The van der Waals surface area contributed by atoms with Gasteiger partial charge in [-0.2, -0.15) is 0 Å². The summed E-state index contributed by atoms with van der Waals surface area (Å²) >= 11 is 3.24. The quantitative estimate of drug-likeness (QED) is 0.892. The van der Waals surface area contributed by atoms with E-state index in [0.29, 0.717) is 15.6 Å². The highest BCUT2D eigenvalue weighted by Crippen LogP contribution is 2.70. The van der Waals surface area contributed by atoms with Gasteiger partial charge < -0.3 is 10.3 Å². The Bertz CT molecular complexity index is 450. The van der Waals surface area contributed by atoms with Gasteiger partial charge in [0.05, 0.1) is 10.2 Å². The predicted molar refractivity (Wildman–Crippen MR) is 62.6 cm³/mol. The number of halogens is 1. The number of anilines is 1. The molecule has 0 saturated heterocycles. The van der Waals surface area contributed by atoms with Crippen LogP contribution >= 0.6 is 15.9 Å². The van der Waals surface area contributed by atoms with Gasteiger partial charge in [-0.3, -0.25) is 4.79 Å². The summed E-state index contributed by atoms with van der Waals surface area (Å²) in [5.74, 6) is 0.811. The third-order valence-electron chi connectivity index (χ3n) is 3.75. The Kier molecular flexibility index (Phi) is 1.81. The van der Waals surface area contributed by atoms with E-state index in [1.54, 1.807) is 6.20 Å². The van der Waals surface area contributed by atoms with Crippen LogP contribution in [0.4, 0.5) is 5.69 Å². The van der Waals surface area contributed by atoms with E-state index in [1.165, 1.54) is 19.3 Å². The number of hydrogen-bond acceptors (Lipinski definition) is 2. The Morgan fingerprint density at radius 2 is 2.27 bits per heavy atom. The van der Waals surface area contributed by atoms with Gasteiger partial charge in [0.15, 0.2) is 0 Å². The third kappa shape index (κ3) is 1.51. The Morgan fingerprint density at radius 1 is 1.53 bits per heavy atom. The maximum Gasteiger partial charge on any atom is 0.218 e. The molecule has 2 fully saturated rings. The number of pyridine rings is 1. The van der Waals surface area contributed by atoms with E-state index in [2.05, 4.69) is 15.9 Å². The highest BCUT2D eigenvalue weighted by Gasteiger charge is 2.62. The summed E-state index contributed by atoms with van der Waals surface area (Å²) < 4.78 is 2.60. The topological polar surface area (TPSA) is 48.0 Å². The van der Waals surface area contributed by atoms with Crippen LogP contribution in [-0.2, 0) is 6.54 Å². The molecule has 1 heterocycles. The average Bonchev–Trinajstić information content (AvgIpc) is 3.06. The van der Waals surface area contributed by atoms with Crippen LogP contribution < -0.4 is 11.2 Å². The van der Waals surface area contributed by atoms with Crippen LogP contribution in [0.15, 0.2) is 21.7 Å². The van der Waals surface area contributed by atoms with Crippen molar-refractivity contribution in [2.24, 2.45) is 11.3 Å². The fourth-order valence-electron chi connectivity index (χ4n) is 2.44. The maximum absolute atomic E-state index is 11.4. The molecule has 0 bridgehead atoms. The van der Waals surface area contributed by atoms with Crippen molar-refractivity contribution in [2.75, 3.05) is 5.73 Å². The van der Waals surface area contributed by atoms with Gasteiger partial charge in [-0.25, -0.2) is 0 Å². The van der Waals surface area contributed by atoms with Crippen LogP contribution in [0.5, 0.6) is 0 Å². The second kappa shape index (κ2) is 2.88. The minimum absolute atomic E-state index is 0.108. The Labute approximate surface area is 96.4 Å². The smallest absolute Gasteiger partial charge is 0.218 e. The van der Waals surface area contributed by atoms with Gasteiger partial charge in [0.2, 0.25) is 5.43 Å². The van der Waals surface area contributed by atoms with Crippen molar-refractivity contribution in [2.45, 2.75) is 25.8 Å². The summed E-state index contributed by atoms with van der Waals surface area (Å²) in [6, 6.07) is 0. The van der Waals surface area contributed by atoms with E-state index in [0.717, 1.165) is 12.5 Å². The minimum atomic E-state index is -0.108. The van der Waals surface area contributed by atoms with Gasteiger partial charge in [-0.15, -0.1) is 0 Å². The van der Waals surface area contributed by atoms with Crippen molar-refractivity contribution in [1.82, 2.24) is 4.57 Å². The van der Waals surface area contributed by atoms with E-state index >= 15 is 0 Å². The second-order valence-corrected chi connectivity index (χ2v) is 5.71. The van der Waals surface area contributed by atoms with Crippen molar-refractivity contribution in [3.05, 3.63) is 27.1 Å². The molecule has 3 nitrogen and oxygen atoms in total. The predicted octanol–water partition coefficient (Wildman–Crippen LogP) is 1.99. The summed E-state index contributed by atoms with van der Waals surface area (Å²) in [5, 5.41) is 0. The fourth-order valence-corrected chi connectivity index (χ4v) is 2.93. The molecule has 1 unspecified atom stereocenters. The van der Waals surface area contributed by atoms with E-state index in [4.69, 9.17) is 5.73 Å². The molecule has 0 amide bonds. The third-order valence-corrected chi connectivity index (χ3v) is 4.31. The van der Waals surface area contributed by atoms with Crippen molar-refractivity contribution >= 4 is 21.6 Å². The first-order chi connectivity index (χ1) is 7.11. The molecule has 80 valence electrons. The number of nitrogens with zero attached hydrogens (tertiary/aromatic N) is 1. The highest BCUT2D eigenvalue weighted by atomic mass is 79.9. The molecule has 0 radical (unpaired) electrons. The van der Waals surface area contributed by atoms with E-state index < -0.39 is 0 Å². The van der Waals surface area contributed by atoms with E-state index in [-0.39, 0.29) is 5.43 Å². The van der Waals surface area contributed by atoms with Crippen molar-refractivity contribution < 1.29 is 0 Å². The molecule has 2 saturated carbocycles. The molecule has 0 aromatic carbocycles. The monoisotopic (exact) mass is 268 g/mol. The molecule has 1 aromatic rings. The highest BCUT2D eigenvalue weighted by molar-refractivity contribution is 9.10. The molecule has 1 spiro atoms. The van der Waals surface area contributed by atoms with Gasteiger partial charge >= 0.3 is 0 Å². The standard InChI is InChI=1S/C11H13BrN2O/c12-8-5-14(6-9(13)10(8)15)4-7-3-11(7)1-2-11/h5-7H,1-4,13H2. The van der Waals surface area contributed by atoms with E-state index in [9.17, 15) is 4.79 Å². The summed E-state index contributed by atoms with van der Waals surface area (Å²) in [7, 11) is 0. The molecule has 2 aliphatic rings. The average molecular weight is 269 g/mol. The largest absolute Gasteiger partial charge is 0.394 e. The van der Waals surface area contributed by atoms with Crippen molar-refractivity contribution in [3.63, 3.8) is 0 Å². The zero-order valence-electron chi connectivity index (χ0n) is 8.37. The first kappa shape index (κ1) is 9.46. The molecular weight excluding hydrogens is 256 g/mol. The summed E-state index contributed by atoms with van der Waals surface area (Å²) in [6.45, 7) is 1.00. The van der Waals surface area contributed by atoms with Crippen LogP contribution in [0.1, 0.15) is 19.3 Å². The van der Waals surface area contributed by atoms with Crippen LogP contribution in [0, 0.1) is 11.3 Å². The number of hydrogen-bond donors (Lipinski definition) is 1. The molecule has 3 rings (SSSR count). The molecule has 1 atom stereocenters. The van der Waals surface area contributed by atoms with Crippen LogP contribution in [0.25, 0.3) is 0 Å². The number of rotatable bonds is 2. The Hall–Kier alpha value is -0.770.